The van der Waals surface area contributed by atoms with E-state index < -0.39 is 47.0 Å². The van der Waals surface area contributed by atoms with Crippen LogP contribution >= 0.6 is 0 Å². The summed E-state index contributed by atoms with van der Waals surface area (Å²) in [7, 11) is 0. The third kappa shape index (κ3) is 3.59. The smallest absolute Gasteiger partial charge is 0.311 e. The molecule has 2 fully saturated rings. The molecule has 168 valence electrons. The van der Waals surface area contributed by atoms with Crippen molar-refractivity contribution in [3.05, 3.63) is 29.3 Å². The average Bonchev–Trinajstić information content (AvgIpc) is 2.96. The van der Waals surface area contributed by atoms with E-state index in [0.717, 1.165) is 11.3 Å². The maximum absolute atomic E-state index is 13.0. The summed E-state index contributed by atoms with van der Waals surface area (Å²) in [6, 6.07) is 3.47. The van der Waals surface area contributed by atoms with Gasteiger partial charge in [0.25, 0.3) is 11.8 Å². The summed E-state index contributed by atoms with van der Waals surface area (Å²) >= 11 is 0. The molecule has 4 N–H and O–H groups in total. The summed E-state index contributed by atoms with van der Waals surface area (Å²) < 4.78 is 0. The fourth-order valence-corrected chi connectivity index (χ4v) is 4.24. The third-order valence-electron chi connectivity index (χ3n) is 6.30. The molecule has 1 unspecified atom stereocenters. The highest BCUT2D eigenvalue weighted by molar-refractivity contribution is 6.25. The molecule has 4 rings (SSSR count). The second-order valence-corrected chi connectivity index (χ2v) is 8.24. The quantitative estimate of drug-likeness (QED) is 0.425. The molecule has 11 heteroatoms. The average molecular weight is 442 g/mol. The molecular weight excluding hydrogens is 420 g/mol. The zero-order valence-corrected chi connectivity index (χ0v) is 17.1. The van der Waals surface area contributed by atoms with Crippen LogP contribution in [0.15, 0.2) is 18.2 Å². The number of carboxylic acid groups (broad SMARTS) is 1. The van der Waals surface area contributed by atoms with Crippen LogP contribution in [-0.2, 0) is 19.2 Å². The van der Waals surface area contributed by atoms with Gasteiger partial charge in [-0.05, 0) is 31.4 Å². The van der Waals surface area contributed by atoms with Gasteiger partial charge in [-0.15, -0.1) is 0 Å². The van der Waals surface area contributed by atoms with Crippen LogP contribution in [0.4, 0.5) is 5.69 Å². The van der Waals surface area contributed by atoms with Gasteiger partial charge in [0, 0.05) is 18.7 Å². The van der Waals surface area contributed by atoms with Crippen molar-refractivity contribution in [2.24, 2.45) is 5.41 Å². The van der Waals surface area contributed by atoms with Crippen molar-refractivity contribution in [2.45, 2.75) is 38.1 Å². The van der Waals surface area contributed by atoms with Crippen LogP contribution in [0.2, 0.25) is 0 Å². The Balaban J connectivity index is 1.44. The number of nitrogens with zero attached hydrogens (tertiary/aromatic N) is 1. The number of fused-ring (bicyclic) bond motifs is 1. The number of benzene rings is 1. The van der Waals surface area contributed by atoms with Gasteiger partial charge in [-0.2, -0.15) is 0 Å². The fourth-order valence-electron chi connectivity index (χ4n) is 4.24. The fraction of sp³-hybridized carbons (Fsp3) is 0.429. The van der Waals surface area contributed by atoms with Gasteiger partial charge in [-0.3, -0.25) is 39.0 Å². The molecule has 2 aliphatic heterocycles. The van der Waals surface area contributed by atoms with Gasteiger partial charge in [0.2, 0.25) is 17.7 Å². The molecule has 1 aliphatic carbocycles. The largest absolute Gasteiger partial charge is 0.481 e. The molecule has 0 spiro atoms. The number of imide groups is 2. The number of nitrogens with one attached hydrogen (secondary N) is 3. The summed E-state index contributed by atoms with van der Waals surface area (Å²) in [6.45, 7) is -0.206. The van der Waals surface area contributed by atoms with Crippen LogP contribution in [0.1, 0.15) is 52.8 Å². The number of rotatable bonds is 7. The predicted octanol–water partition coefficient (Wildman–Crippen LogP) is -0.129. The monoisotopic (exact) mass is 442 g/mol. The van der Waals surface area contributed by atoms with Crippen LogP contribution < -0.4 is 16.0 Å². The Bertz CT molecular complexity index is 1050. The number of anilines is 1. The Kier molecular flexibility index (Phi) is 5.41. The minimum atomic E-state index is -1.08. The zero-order chi connectivity index (χ0) is 23.0. The predicted molar refractivity (Wildman–Crippen MR) is 109 cm³/mol. The van der Waals surface area contributed by atoms with Gasteiger partial charge in [0.05, 0.1) is 23.1 Å². The van der Waals surface area contributed by atoms with E-state index in [2.05, 4.69) is 16.0 Å². The number of hydrogen-bond acceptors (Lipinski definition) is 7. The van der Waals surface area contributed by atoms with Gasteiger partial charge >= 0.3 is 5.97 Å². The zero-order valence-electron chi connectivity index (χ0n) is 17.1. The molecule has 1 atom stereocenters. The minimum absolute atomic E-state index is 0.0208. The second-order valence-electron chi connectivity index (χ2n) is 8.24. The Morgan fingerprint density at radius 1 is 1.16 bits per heavy atom. The summed E-state index contributed by atoms with van der Waals surface area (Å²) in [5.41, 5.74) is -0.517. The lowest BCUT2D eigenvalue weighted by Gasteiger charge is -2.37. The highest BCUT2D eigenvalue weighted by Gasteiger charge is 2.46. The molecule has 1 aromatic rings. The first-order valence-corrected chi connectivity index (χ1v) is 10.3. The molecule has 1 saturated heterocycles. The summed E-state index contributed by atoms with van der Waals surface area (Å²) in [5, 5.41) is 16.9. The number of carboxylic acids is 1. The van der Waals surface area contributed by atoms with Crippen molar-refractivity contribution in [2.75, 3.05) is 18.4 Å². The van der Waals surface area contributed by atoms with E-state index in [1.807, 2.05) is 0 Å². The lowest BCUT2D eigenvalue weighted by atomic mass is 9.69. The normalized spacial score (nSPS) is 21.5. The SMILES string of the molecule is O=C(CNc1cccc2c1C(=O)N(C1CCC(=O)NC1=O)C2=O)NCC1(C(=O)O)CCC1. The molecule has 0 radical (unpaired) electrons. The molecule has 1 aromatic carbocycles. The molecule has 1 saturated carbocycles. The van der Waals surface area contributed by atoms with Gasteiger partial charge in [0.15, 0.2) is 0 Å². The Labute approximate surface area is 182 Å². The molecule has 11 nitrogen and oxygen atoms in total. The van der Waals surface area contributed by atoms with E-state index in [1.165, 1.54) is 12.1 Å². The molecule has 0 bridgehead atoms. The van der Waals surface area contributed by atoms with Gasteiger partial charge in [-0.1, -0.05) is 12.5 Å². The molecular formula is C21H22N4O7. The van der Waals surface area contributed by atoms with Gasteiger partial charge in [0.1, 0.15) is 6.04 Å². The standard InChI is InChI=1S/C21H22N4O7/c26-14-6-5-13(17(28)24-14)25-18(29)11-3-1-4-12(16(11)19(25)30)22-9-15(27)23-10-21(20(31)32)7-2-8-21/h1,3-4,13,22H,2,5-10H2,(H,23,27)(H,31,32)(H,24,26,28). The topological polar surface area (TPSA) is 162 Å². The first-order chi connectivity index (χ1) is 15.2. The Morgan fingerprint density at radius 2 is 1.91 bits per heavy atom. The maximum Gasteiger partial charge on any atom is 0.311 e. The van der Waals surface area contributed by atoms with E-state index in [1.54, 1.807) is 6.07 Å². The minimum Gasteiger partial charge on any atom is -0.481 e. The van der Waals surface area contributed by atoms with E-state index >= 15 is 0 Å². The lowest BCUT2D eigenvalue weighted by Crippen LogP contribution is -2.54. The Morgan fingerprint density at radius 3 is 2.53 bits per heavy atom. The van der Waals surface area contributed by atoms with Crippen LogP contribution in [0.3, 0.4) is 0 Å². The van der Waals surface area contributed by atoms with E-state index in [-0.39, 0.29) is 42.7 Å². The Hall–Kier alpha value is -3.76. The lowest BCUT2D eigenvalue weighted by molar-refractivity contribution is -0.154. The molecule has 0 aromatic heterocycles. The molecule has 5 amide bonds. The van der Waals surface area contributed by atoms with E-state index in [4.69, 9.17) is 0 Å². The summed E-state index contributed by atoms with van der Waals surface area (Å²) in [4.78, 5) is 73.9. The third-order valence-corrected chi connectivity index (χ3v) is 6.30. The molecule has 32 heavy (non-hydrogen) atoms. The number of carbonyl (C=O) groups is 6. The second kappa shape index (κ2) is 8.06. The van der Waals surface area contributed by atoms with Gasteiger partial charge in [-0.25, -0.2) is 0 Å². The van der Waals surface area contributed by atoms with Crippen molar-refractivity contribution in [3.63, 3.8) is 0 Å². The summed E-state index contributed by atoms with van der Waals surface area (Å²) in [5.74, 6) is -3.86. The first kappa shape index (κ1) is 21.5. The summed E-state index contributed by atoms with van der Waals surface area (Å²) in [6.07, 6.45) is 1.89. The van der Waals surface area contributed by atoms with E-state index in [9.17, 15) is 33.9 Å². The highest BCUT2D eigenvalue weighted by Crippen LogP contribution is 2.40. The maximum atomic E-state index is 13.0. The number of aliphatic carboxylic acids is 1. The van der Waals surface area contributed by atoms with Crippen LogP contribution in [-0.4, -0.2) is 64.6 Å². The number of hydrogen-bond donors (Lipinski definition) is 4. The molecule has 3 aliphatic rings. The van der Waals surface area contributed by atoms with Gasteiger partial charge < -0.3 is 15.7 Å². The molecule has 2 heterocycles. The van der Waals surface area contributed by atoms with Crippen molar-refractivity contribution in [1.82, 2.24) is 15.5 Å². The van der Waals surface area contributed by atoms with Crippen LogP contribution in [0.5, 0.6) is 0 Å². The number of piperidine rings is 1. The number of carbonyl (C=O) groups excluding carboxylic acids is 5. The highest BCUT2D eigenvalue weighted by atomic mass is 16.4. The van der Waals surface area contributed by atoms with Crippen molar-refractivity contribution >= 4 is 41.2 Å². The van der Waals surface area contributed by atoms with Crippen LogP contribution in [0, 0.1) is 5.41 Å². The van der Waals surface area contributed by atoms with Crippen molar-refractivity contribution in [1.29, 1.82) is 0 Å². The number of amides is 5. The first-order valence-electron chi connectivity index (χ1n) is 10.3. The van der Waals surface area contributed by atoms with E-state index in [0.29, 0.717) is 12.8 Å². The van der Waals surface area contributed by atoms with Crippen molar-refractivity contribution in [3.8, 4) is 0 Å². The van der Waals surface area contributed by atoms with Crippen molar-refractivity contribution < 1.29 is 33.9 Å². The van der Waals surface area contributed by atoms with Crippen LogP contribution in [0.25, 0.3) is 0 Å².